The molecule has 0 amide bonds. The number of benzene rings is 2. The van der Waals surface area contributed by atoms with E-state index in [4.69, 9.17) is 4.74 Å². The molecule has 2 aromatic carbocycles. The molecule has 2 aliphatic rings. The number of rotatable bonds is 8. The zero-order valence-electron chi connectivity index (χ0n) is 19.4. The highest BCUT2D eigenvalue weighted by atomic mass is 16.5. The molecule has 4 rings (SSSR count). The van der Waals surface area contributed by atoms with Gasteiger partial charge in [-0.3, -0.25) is 0 Å². The Balaban J connectivity index is 1.33. The molecule has 1 N–H and O–H groups in total. The molecule has 0 bridgehead atoms. The molecule has 0 aromatic heterocycles. The van der Waals surface area contributed by atoms with Gasteiger partial charge in [-0.1, -0.05) is 62.4 Å². The Morgan fingerprint density at radius 3 is 2.19 bits per heavy atom. The highest BCUT2D eigenvalue weighted by molar-refractivity contribution is 5.61. The van der Waals surface area contributed by atoms with E-state index in [-0.39, 0.29) is 0 Å². The lowest BCUT2D eigenvalue weighted by Crippen LogP contribution is -2.47. The fourth-order valence-corrected chi connectivity index (χ4v) is 5.34. The van der Waals surface area contributed by atoms with Crippen molar-refractivity contribution in [2.24, 2.45) is 5.92 Å². The second-order valence-corrected chi connectivity index (χ2v) is 9.30. The van der Waals surface area contributed by atoms with E-state index in [1.54, 1.807) is 7.11 Å². The molecule has 1 saturated heterocycles. The minimum Gasteiger partial charge on any atom is -0.495 e. The fourth-order valence-electron chi connectivity index (χ4n) is 5.34. The number of nitrogens with zero attached hydrogens (tertiary/aromatic N) is 2. The van der Waals surface area contributed by atoms with E-state index in [1.807, 2.05) is 6.07 Å². The topological polar surface area (TPSA) is 27.7 Å². The molecule has 1 aliphatic heterocycles. The first kappa shape index (κ1) is 22.0. The lowest BCUT2D eigenvalue weighted by atomic mass is 9.85. The molecule has 0 radical (unpaired) electrons. The van der Waals surface area contributed by atoms with Crippen molar-refractivity contribution in [1.29, 1.82) is 0 Å². The van der Waals surface area contributed by atoms with Crippen molar-refractivity contribution < 1.29 is 4.74 Å². The molecule has 4 heteroatoms. The van der Waals surface area contributed by atoms with Crippen LogP contribution in [0.3, 0.4) is 0 Å². The first-order chi connectivity index (χ1) is 15.2. The number of anilines is 2. The lowest BCUT2D eigenvalue weighted by molar-refractivity contribution is 0.304. The van der Waals surface area contributed by atoms with Crippen molar-refractivity contribution in [2.45, 2.75) is 58.0 Å². The van der Waals surface area contributed by atoms with Crippen LogP contribution in [0.25, 0.3) is 0 Å². The van der Waals surface area contributed by atoms with Crippen molar-refractivity contribution in [3.63, 3.8) is 0 Å². The van der Waals surface area contributed by atoms with Gasteiger partial charge < -0.3 is 19.9 Å². The molecule has 2 aromatic rings. The maximum atomic E-state index is 5.57. The van der Waals surface area contributed by atoms with Gasteiger partial charge >= 0.3 is 0 Å². The molecule has 168 valence electrons. The second-order valence-electron chi connectivity index (χ2n) is 9.30. The van der Waals surface area contributed by atoms with Crippen molar-refractivity contribution in [2.75, 3.05) is 43.1 Å². The Bertz CT molecular complexity index is 810. The normalized spacial score (nSPS) is 18.8. The number of piperazine rings is 1. The Labute approximate surface area is 188 Å². The lowest BCUT2D eigenvalue weighted by Gasteiger charge is -2.38. The summed E-state index contributed by atoms with van der Waals surface area (Å²) in [5, 5.41) is 3.82. The molecule has 31 heavy (non-hydrogen) atoms. The Morgan fingerprint density at radius 2 is 1.48 bits per heavy atom. The fraction of sp³-hybridized carbons (Fsp3) is 0.556. The SMILES string of the molecule is COc1ccccc1N1CCN(c2ccccc2CNC(C)CC2CCCCC2)CC1. The Hall–Kier alpha value is -2.20. The van der Waals surface area contributed by atoms with Crippen LogP contribution < -0.4 is 19.9 Å². The monoisotopic (exact) mass is 421 g/mol. The Morgan fingerprint density at radius 1 is 0.871 bits per heavy atom. The van der Waals surface area contributed by atoms with Gasteiger partial charge in [0.2, 0.25) is 0 Å². The average Bonchev–Trinajstić information content (AvgIpc) is 2.84. The van der Waals surface area contributed by atoms with Gasteiger partial charge in [0.15, 0.2) is 0 Å². The van der Waals surface area contributed by atoms with Gasteiger partial charge in [0.05, 0.1) is 12.8 Å². The van der Waals surface area contributed by atoms with E-state index in [9.17, 15) is 0 Å². The van der Waals surface area contributed by atoms with Crippen LogP contribution in [0.5, 0.6) is 5.75 Å². The van der Waals surface area contributed by atoms with E-state index < -0.39 is 0 Å². The summed E-state index contributed by atoms with van der Waals surface area (Å²) in [6.45, 7) is 7.42. The highest BCUT2D eigenvalue weighted by Crippen LogP contribution is 2.30. The van der Waals surface area contributed by atoms with Crippen LogP contribution in [0.4, 0.5) is 11.4 Å². The minimum absolute atomic E-state index is 0.582. The quantitative estimate of drug-likeness (QED) is 0.612. The molecule has 2 fully saturated rings. The average molecular weight is 422 g/mol. The zero-order chi connectivity index (χ0) is 21.5. The summed E-state index contributed by atoms with van der Waals surface area (Å²) in [5.41, 5.74) is 4.01. The van der Waals surface area contributed by atoms with Gasteiger partial charge in [-0.25, -0.2) is 0 Å². The summed E-state index contributed by atoms with van der Waals surface area (Å²) in [5.74, 6) is 1.89. The summed E-state index contributed by atoms with van der Waals surface area (Å²) in [6.07, 6.45) is 8.48. The van der Waals surface area contributed by atoms with Crippen molar-refractivity contribution >= 4 is 11.4 Å². The number of ether oxygens (including phenoxy) is 1. The van der Waals surface area contributed by atoms with Crippen molar-refractivity contribution in [1.82, 2.24) is 5.32 Å². The maximum absolute atomic E-state index is 5.57. The van der Waals surface area contributed by atoms with Gasteiger partial charge in [-0.15, -0.1) is 0 Å². The van der Waals surface area contributed by atoms with Crippen molar-refractivity contribution in [3.05, 3.63) is 54.1 Å². The van der Waals surface area contributed by atoms with Crippen LogP contribution >= 0.6 is 0 Å². The zero-order valence-corrected chi connectivity index (χ0v) is 19.4. The molecule has 1 aliphatic carbocycles. The number of hydrogen-bond acceptors (Lipinski definition) is 4. The summed E-state index contributed by atoms with van der Waals surface area (Å²) in [6, 6.07) is 17.9. The number of para-hydroxylation sites is 3. The first-order valence-corrected chi connectivity index (χ1v) is 12.2. The van der Waals surface area contributed by atoms with Gasteiger partial charge in [-0.2, -0.15) is 0 Å². The van der Waals surface area contributed by atoms with E-state index in [1.165, 1.54) is 55.5 Å². The summed E-state index contributed by atoms with van der Waals surface area (Å²) in [4.78, 5) is 5.00. The predicted molar refractivity (Wildman–Crippen MR) is 131 cm³/mol. The second kappa shape index (κ2) is 10.9. The largest absolute Gasteiger partial charge is 0.495 e. The minimum atomic E-state index is 0.582. The summed E-state index contributed by atoms with van der Waals surface area (Å²) in [7, 11) is 1.76. The smallest absolute Gasteiger partial charge is 0.142 e. The predicted octanol–water partition coefficient (Wildman–Crippen LogP) is 5.47. The van der Waals surface area contributed by atoms with Gasteiger partial charge in [0.25, 0.3) is 0 Å². The van der Waals surface area contributed by atoms with Crippen LogP contribution in [-0.2, 0) is 6.54 Å². The first-order valence-electron chi connectivity index (χ1n) is 12.2. The highest BCUT2D eigenvalue weighted by Gasteiger charge is 2.22. The van der Waals surface area contributed by atoms with Crippen LogP contribution in [0, 0.1) is 5.92 Å². The van der Waals surface area contributed by atoms with E-state index in [2.05, 4.69) is 64.5 Å². The molecule has 1 saturated carbocycles. The third-order valence-corrected chi connectivity index (χ3v) is 7.09. The molecular weight excluding hydrogens is 382 g/mol. The maximum Gasteiger partial charge on any atom is 0.142 e. The van der Waals surface area contributed by atoms with E-state index in [0.717, 1.165) is 44.4 Å². The van der Waals surface area contributed by atoms with Crippen LogP contribution in [0.2, 0.25) is 0 Å². The van der Waals surface area contributed by atoms with E-state index >= 15 is 0 Å². The molecule has 0 spiro atoms. The van der Waals surface area contributed by atoms with Crippen molar-refractivity contribution in [3.8, 4) is 5.75 Å². The molecule has 1 unspecified atom stereocenters. The summed E-state index contributed by atoms with van der Waals surface area (Å²) < 4.78 is 5.57. The van der Waals surface area contributed by atoms with Crippen LogP contribution in [-0.4, -0.2) is 39.3 Å². The number of hydrogen-bond donors (Lipinski definition) is 1. The van der Waals surface area contributed by atoms with Gasteiger partial charge in [-0.05, 0) is 43.0 Å². The van der Waals surface area contributed by atoms with Crippen LogP contribution in [0.1, 0.15) is 51.0 Å². The summed E-state index contributed by atoms with van der Waals surface area (Å²) >= 11 is 0. The Kier molecular flexibility index (Phi) is 7.74. The molecular formula is C27H39N3O. The molecule has 1 atom stereocenters. The number of nitrogens with one attached hydrogen (secondary N) is 1. The van der Waals surface area contributed by atoms with Gasteiger partial charge in [0, 0.05) is 44.5 Å². The molecule has 4 nitrogen and oxygen atoms in total. The number of methoxy groups -OCH3 is 1. The molecule has 1 heterocycles. The van der Waals surface area contributed by atoms with E-state index in [0.29, 0.717) is 6.04 Å². The van der Waals surface area contributed by atoms with Gasteiger partial charge in [0.1, 0.15) is 5.75 Å². The third-order valence-electron chi connectivity index (χ3n) is 7.09. The van der Waals surface area contributed by atoms with Crippen LogP contribution in [0.15, 0.2) is 48.5 Å². The standard InChI is InChI=1S/C27H39N3O/c1-22(20-23-10-4-3-5-11-23)28-21-24-12-6-7-13-25(24)29-16-18-30(19-17-29)26-14-8-9-15-27(26)31-2/h6-9,12-15,22-23,28H,3-5,10-11,16-21H2,1-2H3. The third kappa shape index (κ3) is 5.74.